The van der Waals surface area contributed by atoms with Crippen molar-refractivity contribution in [2.45, 2.75) is 70.8 Å². The van der Waals surface area contributed by atoms with Crippen molar-refractivity contribution in [2.75, 3.05) is 26.2 Å². The number of fused-ring (bicyclic) bond motifs is 1. The maximum Gasteiger partial charge on any atom is 0.248 e. The van der Waals surface area contributed by atoms with E-state index < -0.39 is 0 Å². The molecule has 0 bridgehead atoms. The molecule has 2 aromatic carbocycles. The molecule has 0 unspecified atom stereocenters. The molecule has 8 heteroatoms. The Hall–Kier alpha value is -1.99. The first-order chi connectivity index (χ1) is 16.5. The highest BCUT2D eigenvalue weighted by atomic mass is 35.5. The van der Waals surface area contributed by atoms with Gasteiger partial charge in [0.2, 0.25) is 5.91 Å². The van der Waals surface area contributed by atoms with Crippen LogP contribution in [0.1, 0.15) is 72.5 Å². The fourth-order valence-electron chi connectivity index (χ4n) is 4.99. The maximum absolute atomic E-state index is 11.1. The van der Waals surface area contributed by atoms with E-state index in [2.05, 4.69) is 17.1 Å². The van der Waals surface area contributed by atoms with Gasteiger partial charge in [-0.15, -0.1) is 24.8 Å². The molecule has 3 rings (SSSR count). The summed E-state index contributed by atoms with van der Waals surface area (Å²) in [7, 11) is 0. The second kappa shape index (κ2) is 16.7. The molecule has 1 aliphatic carbocycles. The average Bonchev–Trinajstić information content (AvgIpc) is 2.84. The Kier molecular flexibility index (Phi) is 14.9. The quantitative estimate of drug-likeness (QED) is 0.200. The summed E-state index contributed by atoms with van der Waals surface area (Å²) in [6, 6.07) is 11.6. The van der Waals surface area contributed by atoms with Crippen LogP contribution in [0, 0.1) is 0 Å². The van der Waals surface area contributed by atoms with Crippen LogP contribution < -0.4 is 11.1 Å². The third-order valence-corrected chi connectivity index (χ3v) is 6.95. The summed E-state index contributed by atoms with van der Waals surface area (Å²) in [4.78, 5) is 13.8. The number of phenolic OH excluding ortho intramolecular Hbond substituents is 2. The van der Waals surface area contributed by atoms with Gasteiger partial charge < -0.3 is 26.2 Å². The molecule has 2 aromatic rings. The van der Waals surface area contributed by atoms with Crippen molar-refractivity contribution in [3.05, 3.63) is 58.7 Å². The summed E-state index contributed by atoms with van der Waals surface area (Å²) in [6.07, 6.45) is 9.82. The molecule has 0 fully saturated rings. The average molecular weight is 541 g/mol. The van der Waals surface area contributed by atoms with Crippen molar-refractivity contribution in [3.8, 4) is 11.5 Å². The largest absolute Gasteiger partial charge is 0.504 e. The Morgan fingerprint density at radius 2 is 1.72 bits per heavy atom. The molecule has 0 spiro atoms. The van der Waals surface area contributed by atoms with E-state index in [-0.39, 0.29) is 42.2 Å². The Morgan fingerprint density at radius 1 is 1.00 bits per heavy atom. The zero-order valence-corrected chi connectivity index (χ0v) is 23.0. The molecule has 0 saturated carbocycles. The maximum atomic E-state index is 11.1. The summed E-state index contributed by atoms with van der Waals surface area (Å²) in [5.41, 5.74) is 9.17. The molecule has 0 heterocycles. The van der Waals surface area contributed by atoms with Crippen molar-refractivity contribution in [1.29, 1.82) is 0 Å². The number of aromatic hydroxyl groups is 2. The van der Waals surface area contributed by atoms with E-state index in [0.717, 1.165) is 63.8 Å². The van der Waals surface area contributed by atoms with Gasteiger partial charge in [0.25, 0.3) is 0 Å². The molecule has 202 valence electrons. The lowest BCUT2D eigenvalue weighted by Crippen LogP contribution is -2.40. The number of rotatable bonds is 14. The van der Waals surface area contributed by atoms with E-state index in [9.17, 15) is 15.0 Å². The minimum absolute atomic E-state index is 0. The molecule has 5 N–H and O–H groups in total. The predicted octanol–water partition coefficient (Wildman–Crippen LogP) is 5.00. The fraction of sp³-hybridized carbons (Fsp3) is 0.536. The third-order valence-electron chi connectivity index (χ3n) is 6.95. The van der Waals surface area contributed by atoms with Crippen LogP contribution in [0.2, 0.25) is 0 Å². The molecular formula is C28H43Cl2N3O3. The van der Waals surface area contributed by atoms with Crippen molar-refractivity contribution < 1.29 is 15.0 Å². The molecule has 1 atom stereocenters. The summed E-state index contributed by atoms with van der Waals surface area (Å²) >= 11 is 0. The Balaban J connectivity index is 0.00000324. The normalized spacial score (nSPS) is 14.6. The second-order valence-corrected chi connectivity index (χ2v) is 9.48. The Bertz CT molecular complexity index is 925. The number of nitrogens with two attached hydrogens (primary N) is 1. The number of amides is 1. The summed E-state index contributed by atoms with van der Waals surface area (Å²) in [6.45, 7) is 6.47. The van der Waals surface area contributed by atoms with E-state index in [0.29, 0.717) is 11.6 Å². The number of carbonyl (C=O) groups excluding carboxylic acids is 1. The number of carbonyl (C=O) groups is 1. The number of unbranched alkanes of at least 4 members (excludes halogenated alkanes) is 3. The van der Waals surface area contributed by atoms with Crippen LogP contribution in [-0.4, -0.2) is 53.2 Å². The molecule has 1 aliphatic rings. The van der Waals surface area contributed by atoms with E-state index in [1.54, 1.807) is 18.2 Å². The zero-order chi connectivity index (χ0) is 24.3. The highest BCUT2D eigenvalue weighted by Gasteiger charge is 2.26. The van der Waals surface area contributed by atoms with Crippen molar-refractivity contribution in [1.82, 2.24) is 10.2 Å². The number of hydrogen-bond acceptors (Lipinski definition) is 5. The standard InChI is InChI=1S/C28H41N3O3.2ClH/c1-2-18-31(24-12-13-25-23(20-24)11-14-26(32)27(25)33)19-6-4-3-5-16-30-17-15-21-7-9-22(10-8-21)28(29)34;;/h7-11,14,24,30,32-33H,2-6,12-13,15-20H2,1H3,(H2,29,34);2*1H/t24-;;/m0../s1. The van der Waals surface area contributed by atoms with Gasteiger partial charge in [-0.25, -0.2) is 0 Å². The summed E-state index contributed by atoms with van der Waals surface area (Å²) in [5.74, 6) is -0.309. The van der Waals surface area contributed by atoms with Gasteiger partial charge in [0.05, 0.1) is 0 Å². The van der Waals surface area contributed by atoms with Crippen LogP contribution in [0.25, 0.3) is 0 Å². The van der Waals surface area contributed by atoms with Crippen LogP contribution in [0.15, 0.2) is 36.4 Å². The topological polar surface area (TPSA) is 98.8 Å². The molecule has 6 nitrogen and oxygen atoms in total. The smallest absolute Gasteiger partial charge is 0.248 e. The highest BCUT2D eigenvalue weighted by molar-refractivity contribution is 5.92. The molecule has 36 heavy (non-hydrogen) atoms. The first-order valence-corrected chi connectivity index (χ1v) is 12.9. The number of nitrogens with zero attached hydrogens (tertiary/aromatic N) is 1. The lowest BCUT2D eigenvalue weighted by atomic mass is 9.86. The van der Waals surface area contributed by atoms with Crippen LogP contribution in [0.3, 0.4) is 0 Å². The van der Waals surface area contributed by atoms with E-state index in [4.69, 9.17) is 5.73 Å². The molecule has 0 aliphatic heterocycles. The third kappa shape index (κ3) is 9.47. The summed E-state index contributed by atoms with van der Waals surface area (Å²) in [5, 5.41) is 23.4. The number of halogens is 2. The van der Waals surface area contributed by atoms with Crippen molar-refractivity contribution >= 4 is 30.7 Å². The first-order valence-electron chi connectivity index (χ1n) is 12.9. The minimum atomic E-state index is -0.381. The number of benzene rings is 2. The SMILES string of the molecule is CCCN(CCCCCCNCCc1ccc(C(N)=O)cc1)[C@H]1CCc2c(ccc(O)c2O)C1.Cl.Cl. The van der Waals surface area contributed by atoms with Crippen molar-refractivity contribution in [2.24, 2.45) is 5.73 Å². The lowest BCUT2D eigenvalue weighted by Gasteiger charge is -2.35. The number of phenols is 2. The predicted molar refractivity (Wildman–Crippen MR) is 152 cm³/mol. The van der Waals surface area contributed by atoms with Gasteiger partial charge in [0.15, 0.2) is 11.5 Å². The molecule has 0 aromatic heterocycles. The molecule has 1 amide bonds. The van der Waals surface area contributed by atoms with Crippen molar-refractivity contribution in [3.63, 3.8) is 0 Å². The van der Waals surface area contributed by atoms with Gasteiger partial charge in [-0.3, -0.25) is 4.79 Å². The monoisotopic (exact) mass is 539 g/mol. The minimum Gasteiger partial charge on any atom is -0.504 e. The Labute approximate surface area is 228 Å². The van der Waals surface area contributed by atoms with Crippen LogP contribution >= 0.6 is 24.8 Å². The van der Waals surface area contributed by atoms with Crippen LogP contribution in [0.5, 0.6) is 11.5 Å². The van der Waals surface area contributed by atoms with E-state index in [1.165, 1.54) is 36.8 Å². The van der Waals surface area contributed by atoms with Gasteiger partial charge in [-0.05, 0) is 100 Å². The van der Waals surface area contributed by atoms with Crippen LogP contribution in [0.4, 0.5) is 0 Å². The molecule has 0 radical (unpaired) electrons. The summed E-state index contributed by atoms with van der Waals surface area (Å²) < 4.78 is 0. The highest BCUT2D eigenvalue weighted by Crippen LogP contribution is 2.36. The van der Waals surface area contributed by atoms with Gasteiger partial charge in [0, 0.05) is 17.2 Å². The Morgan fingerprint density at radius 3 is 2.42 bits per heavy atom. The van der Waals surface area contributed by atoms with E-state index in [1.807, 2.05) is 18.2 Å². The number of hydrogen-bond donors (Lipinski definition) is 4. The fourth-order valence-corrected chi connectivity index (χ4v) is 4.99. The number of primary amides is 1. The van der Waals surface area contributed by atoms with Gasteiger partial charge in [0.1, 0.15) is 0 Å². The first kappa shape index (κ1) is 32.0. The zero-order valence-electron chi connectivity index (χ0n) is 21.4. The van der Waals surface area contributed by atoms with E-state index >= 15 is 0 Å². The molecular weight excluding hydrogens is 497 g/mol. The van der Waals surface area contributed by atoms with Gasteiger partial charge in [-0.1, -0.05) is 38.0 Å². The van der Waals surface area contributed by atoms with Gasteiger partial charge >= 0.3 is 0 Å². The molecule has 0 saturated heterocycles. The number of nitrogens with one attached hydrogen (secondary N) is 1. The lowest BCUT2D eigenvalue weighted by molar-refractivity contribution is 0.1000. The van der Waals surface area contributed by atoms with Crippen LogP contribution in [-0.2, 0) is 19.3 Å². The second-order valence-electron chi connectivity index (χ2n) is 9.48. The van der Waals surface area contributed by atoms with Gasteiger partial charge in [-0.2, -0.15) is 0 Å².